The van der Waals surface area contributed by atoms with E-state index < -0.39 is 0 Å². The molecule has 17 heavy (non-hydrogen) atoms. The molecule has 2 aliphatic carbocycles. The Morgan fingerprint density at radius 1 is 1.29 bits per heavy atom. The molecule has 2 aliphatic rings. The van der Waals surface area contributed by atoms with E-state index in [1.54, 1.807) is 12.1 Å². The van der Waals surface area contributed by atoms with Crippen LogP contribution in [0.1, 0.15) is 42.5 Å². The summed E-state index contributed by atoms with van der Waals surface area (Å²) in [5, 5.41) is 0. The van der Waals surface area contributed by atoms with Gasteiger partial charge < -0.3 is 0 Å². The molecular formula is C15H17FO. The van der Waals surface area contributed by atoms with E-state index >= 15 is 0 Å². The summed E-state index contributed by atoms with van der Waals surface area (Å²) in [7, 11) is 0. The standard InChI is InChI=1S/C15H17FO/c16-14-3-1-2-12(8-14)15(17)9-13-7-10-4-5-11(13)6-10/h1-3,8,10-11,13H,4-7,9H2. The molecule has 0 amide bonds. The Bertz CT molecular complexity index is 440. The van der Waals surface area contributed by atoms with Crippen LogP contribution in [0.3, 0.4) is 0 Å². The molecule has 0 radical (unpaired) electrons. The molecule has 2 fully saturated rings. The van der Waals surface area contributed by atoms with Gasteiger partial charge in [-0.05, 0) is 49.1 Å². The Labute approximate surface area is 101 Å². The fourth-order valence-corrected chi connectivity index (χ4v) is 3.64. The third-order valence-corrected chi connectivity index (χ3v) is 4.48. The van der Waals surface area contributed by atoms with Gasteiger partial charge in [-0.1, -0.05) is 18.6 Å². The van der Waals surface area contributed by atoms with Crippen LogP contribution in [0.2, 0.25) is 0 Å². The van der Waals surface area contributed by atoms with Gasteiger partial charge in [-0.3, -0.25) is 4.79 Å². The summed E-state index contributed by atoms with van der Waals surface area (Å²) in [6, 6.07) is 6.08. The maximum atomic E-state index is 13.0. The monoisotopic (exact) mass is 232 g/mol. The molecule has 90 valence electrons. The van der Waals surface area contributed by atoms with Crippen molar-refractivity contribution in [2.24, 2.45) is 17.8 Å². The number of carbonyl (C=O) groups is 1. The molecule has 3 unspecified atom stereocenters. The number of hydrogen-bond acceptors (Lipinski definition) is 1. The largest absolute Gasteiger partial charge is 0.294 e. The minimum atomic E-state index is -0.316. The topological polar surface area (TPSA) is 17.1 Å². The number of ketones is 1. The number of hydrogen-bond donors (Lipinski definition) is 0. The first-order valence-corrected chi connectivity index (χ1v) is 6.51. The average Bonchev–Trinajstić information content (AvgIpc) is 2.91. The van der Waals surface area contributed by atoms with Gasteiger partial charge in [0, 0.05) is 12.0 Å². The summed E-state index contributed by atoms with van der Waals surface area (Å²) in [5.41, 5.74) is 0.535. The highest BCUT2D eigenvalue weighted by Crippen LogP contribution is 2.49. The summed E-state index contributed by atoms with van der Waals surface area (Å²) in [6.45, 7) is 0. The second-order valence-electron chi connectivity index (χ2n) is 5.57. The zero-order valence-electron chi connectivity index (χ0n) is 9.86. The van der Waals surface area contributed by atoms with Gasteiger partial charge in [0.15, 0.2) is 5.78 Å². The van der Waals surface area contributed by atoms with Crippen molar-refractivity contribution in [3.63, 3.8) is 0 Å². The fourth-order valence-electron chi connectivity index (χ4n) is 3.64. The van der Waals surface area contributed by atoms with Gasteiger partial charge in [0.1, 0.15) is 5.82 Å². The van der Waals surface area contributed by atoms with Crippen molar-refractivity contribution < 1.29 is 9.18 Å². The SMILES string of the molecule is O=C(CC1CC2CCC1C2)c1cccc(F)c1. The van der Waals surface area contributed by atoms with Gasteiger partial charge in [0.2, 0.25) is 0 Å². The van der Waals surface area contributed by atoms with Crippen LogP contribution in [0, 0.1) is 23.6 Å². The van der Waals surface area contributed by atoms with E-state index in [1.807, 2.05) is 0 Å². The highest BCUT2D eigenvalue weighted by Gasteiger charge is 2.40. The van der Waals surface area contributed by atoms with Crippen LogP contribution in [0.25, 0.3) is 0 Å². The van der Waals surface area contributed by atoms with Crippen molar-refractivity contribution in [3.05, 3.63) is 35.6 Å². The van der Waals surface area contributed by atoms with Crippen molar-refractivity contribution >= 4 is 5.78 Å². The molecule has 2 saturated carbocycles. The Balaban J connectivity index is 1.68. The van der Waals surface area contributed by atoms with Gasteiger partial charge in [-0.2, -0.15) is 0 Å². The van der Waals surface area contributed by atoms with Crippen LogP contribution in [0.15, 0.2) is 24.3 Å². The van der Waals surface area contributed by atoms with Gasteiger partial charge in [0.05, 0.1) is 0 Å². The maximum Gasteiger partial charge on any atom is 0.163 e. The minimum absolute atomic E-state index is 0.113. The van der Waals surface area contributed by atoms with Crippen molar-refractivity contribution in [2.45, 2.75) is 32.1 Å². The average molecular weight is 232 g/mol. The molecule has 1 aromatic carbocycles. The molecule has 2 bridgehead atoms. The Morgan fingerprint density at radius 2 is 2.18 bits per heavy atom. The predicted molar refractivity (Wildman–Crippen MR) is 64.3 cm³/mol. The maximum absolute atomic E-state index is 13.0. The van der Waals surface area contributed by atoms with Crippen LogP contribution in [-0.4, -0.2) is 5.78 Å². The third kappa shape index (κ3) is 2.13. The fraction of sp³-hybridized carbons (Fsp3) is 0.533. The molecule has 0 heterocycles. The van der Waals surface area contributed by atoms with Gasteiger partial charge in [-0.25, -0.2) is 4.39 Å². The Hall–Kier alpha value is -1.18. The lowest BCUT2D eigenvalue weighted by Crippen LogP contribution is -2.15. The van der Waals surface area contributed by atoms with E-state index in [-0.39, 0.29) is 11.6 Å². The molecule has 0 spiro atoms. The third-order valence-electron chi connectivity index (χ3n) is 4.48. The van der Waals surface area contributed by atoms with Crippen LogP contribution >= 0.6 is 0 Å². The summed E-state index contributed by atoms with van der Waals surface area (Å²) >= 11 is 0. The lowest BCUT2D eigenvalue weighted by Gasteiger charge is -2.20. The van der Waals surface area contributed by atoms with E-state index in [4.69, 9.17) is 0 Å². The van der Waals surface area contributed by atoms with Gasteiger partial charge in [-0.15, -0.1) is 0 Å². The molecule has 0 saturated heterocycles. The van der Waals surface area contributed by atoms with E-state index in [1.165, 1.54) is 37.8 Å². The van der Waals surface area contributed by atoms with Crippen LogP contribution < -0.4 is 0 Å². The second kappa shape index (κ2) is 4.25. The first-order chi connectivity index (χ1) is 8.22. The zero-order chi connectivity index (χ0) is 11.8. The van der Waals surface area contributed by atoms with E-state index in [9.17, 15) is 9.18 Å². The van der Waals surface area contributed by atoms with Gasteiger partial charge >= 0.3 is 0 Å². The molecule has 3 rings (SSSR count). The van der Waals surface area contributed by atoms with Crippen molar-refractivity contribution in [3.8, 4) is 0 Å². The number of benzene rings is 1. The number of carbonyl (C=O) groups excluding carboxylic acids is 1. The van der Waals surface area contributed by atoms with E-state index in [2.05, 4.69) is 0 Å². The van der Waals surface area contributed by atoms with Crippen molar-refractivity contribution in [1.82, 2.24) is 0 Å². The molecule has 3 atom stereocenters. The number of rotatable bonds is 3. The van der Waals surface area contributed by atoms with Crippen molar-refractivity contribution in [2.75, 3.05) is 0 Å². The lowest BCUT2D eigenvalue weighted by atomic mass is 9.84. The quantitative estimate of drug-likeness (QED) is 0.724. The number of fused-ring (bicyclic) bond motifs is 2. The Kier molecular flexibility index (Phi) is 2.73. The summed E-state index contributed by atoms with van der Waals surface area (Å²) in [5.74, 6) is 1.98. The summed E-state index contributed by atoms with van der Waals surface area (Å²) in [4.78, 5) is 12.1. The number of Topliss-reactive ketones (excluding diaryl/α,β-unsaturated/α-hetero) is 1. The molecule has 1 nitrogen and oxygen atoms in total. The molecule has 2 heteroatoms. The second-order valence-corrected chi connectivity index (χ2v) is 5.57. The highest BCUT2D eigenvalue weighted by atomic mass is 19.1. The zero-order valence-corrected chi connectivity index (χ0v) is 9.86. The lowest BCUT2D eigenvalue weighted by molar-refractivity contribution is 0.0944. The van der Waals surface area contributed by atoms with E-state index in [0.29, 0.717) is 17.9 Å². The van der Waals surface area contributed by atoms with Crippen molar-refractivity contribution in [1.29, 1.82) is 0 Å². The predicted octanol–water partition coefficient (Wildman–Crippen LogP) is 3.83. The van der Waals surface area contributed by atoms with Crippen LogP contribution in [0.5, 0.6) is 0 Å². The summed E-state index contributed by atoms with van der Waals surface area (Å²) in [6.07, 6.45) is 5.80. The van der Waals surface area contributed by atoms with E-state index in [0.717, 1.165) is 11.8 Å². The number of halogens is 1. The molecule has 0 aliphatic heterocycles. The minimum Gasteiger partial charge on any atom is -0.294 e. The molecule has 0 N–H and O–H groups in total. The van der Waals surface area contributed by atoms with Crippen LogP contribution in [-0.2, 0) is 0 Å². The smallest absolute Gasteiger partial charge is 0.163 e. The first kappa shape index (κ1) is 10.9. The molecule has 0 aromatic heterocycles. The van der Waals surface area contributed by atoms with Gasteiger partial charge in [0.25, 0.3) is 0 Å². The first-order valence-electron chi connectivity index (χ1n) is 6.51. The van der Waals surface area contributed by atoms with Crippen LogP contribution in [0.4, 0.5) is 4.39 Å². The summed E-state index contributed by atoms with van der Waals surface area (Å²) < 4.78 is 13.0. The molecular weight excluding hydrogens is 215 g/mol. The Morgan fingerprint density at radius 3 is 2.82 bits per heavy atom. The normalized spacial score (nSPS) is 30.8. The highest BCUT2D eigenvalue weighted by molar-refractivity contribution is 5.96. The molecule has 1 aromatic rings.